The number of hydrogen-bond acceptors (Lipinski definition) is 7. The topological polar surface area (TPSA) is 79.1 Å². The Labute approximate surface area is 250 Å². The number of esters is 1. The van der Waals surface area contributed by atoms with Crippen LogP contribution in [0.5, 0.6) is 11.5 Å². The molecule has 0 saturated carbocycles. The number of carbonyl (C=O) groups is 1. The molecule has 0 radical (unpaired) electrons. The van der Waals surface area contributed by atoms with Gasteiger partial charge in [0.15, 0.2) is 16.3 Å². The minimum Gasteiger partial charge on any atom is -0.490 e. The van der Waals surface area contributed by atoms with Crippen LogP contribution in [-0.2, 0) is 16.1 Å². The molecule has 0 N–H and O–H groups in total. The van der Waals surface area contributed by atoms with E-state index in [0.717, 1.165) is 21.2 Å². The van der Waals surface area contributed by atoms with E-state index >= 15 is 0 Å². The minimum absolute atomic E-state index is 0.242. The molecule has 0 bridgehead atoms. The molecule has 0 saturated heterocycles. The van der Waals surface area contributed by atoms with E-state index < -0.39 is 12.0 Å². The van der Waals surface area contributed by atoms with Crippen LogP contribution in [0.15, 0.2) is 98.3 Å². The monoisotopic (exact) mass is 632 g/mol. The number of fused-ring (bicyclic) bond motifs is 1. The Morgan fingerprint density at radius 1 is 1.02 bits per heavy atom. The SMILES string of the molecule is CCOc1cc(/C=c2\sc3n(c2=O)[C@@H](c2ccccc2)C(C(=O)OC)=C(CC)N=3)c(Br)cc1OCc1ccccc1. The molecule has 41 heavy (non-hydrogen) atoms. The molecule has 0 aliphatic carbocycles. The summed E-state index contributed by atoms with van der Waals surface area (Å²) in [5.74, 6) is 0.679. The summed E-state index contributed by atoms with van der Waals surface area (Å²) in [4.78, 5) is 32.2. The number of carbonyl (C=O) groups excluding carboxylic acids is 1. The molecule has 2 heterocycles. The molecule has 4 aromatic rings. The lowest BCUT2D eigenvalue weighted by Crippen LogP contribution is -2.40. The van der Waals surface area contributed by atoms with Crippen LogP contribution in [0.1, 0.15) is 43.0 Å². The Balaban J connectivity index is 1.61. The van der Waals surface area contributed by atoms with Crippen LogP contribution in [0, 0.1) is 0 Å². The van der Waals surface area contributed by atoms with Gasteiger partial charge in [-0.1, -0.05) is 94.9 Å². The van der Waals surface area contributed by atoms with Crippen LogP contribution in [0.4, 0.5) is 0 Å². The van der Waals surface area contributed by atoms with Gasteiger partial charge in [0.05, 0.1) is 35.6 Å². The molecule has 1 aromatic heterocycles. The molecule has 5 rings (SSSR count). The van der Waals surface area contributed by atoms with Gasteiger partial charge < -0.3 is 14.2 Å². The number of hydrogen-bond donors (Lipinski definition) is 0. The normalized spacial score (nSPS) is 14.8. The van der Waals surface area contributed by atoms with Gasteiger partial charge in [0, 0.05) is 4.47 Å². The van der Waals surface area contributed by atoms with Gasteiger partial charge in [-0.2, -0.15) is 0 Å². The van der Waals surface area contributed by atoms with Crippen molar-refractivity contribution in [2.24, 2.45) is 4.99 Å². The molecule has 0 amide bonds. The van der Waals surface area contributed by atoms with E-state index in [4.69, 9.17) is 19.2 Å². The molecule has 1 atom stereocenters. The van der Waals surface area contributed by atoms with Crippen molar-refractivity contribution in [2.75, 3.05) is 13.7 Å². The molecule has 0 spiro atoms. The lowest BCUT2D eigenvalue weighted by Gasteiger charge is -2.25. The number of aromatic nitrogens is 1. The zero-order valence-corrected chi connectivity index (χ0v) is 25.3. The first-order valence-electron chi connectivity index (χ1n) is 13.3. The zero-order valence-electron chi connectivity index (χ0n) is 22.9. The molecule has 0 fully saturated rings. The second kappa shape index (κ2) is 12.7. The average Bonchev–Trinajstić information content (AvgIpc) is 3.31. The number of allylic oxidation sites excluding steroid dienone is 1. The summed E-state index contributed by atoms with van der Waals surface area (Å²) in [7, 11) is 1.34. The Hall–Kier alpha value is -3.95. The van der Waals surface area contributed by atoms with E-state index in [0.29, 0.717) is 51.7 Å². The van der Waals surface area contributed by atoms with E-state index in [2.05, 4.69) is 15.9 Å². The third kappa shape index (κ3) is 5.92. The minimum atomic E-state index is -0.645. The van der Waals surface area contributed by atoms with Gasteiger partial charge in [0.25, 0.3) is 5.56 Å². The molecule has 9 heteroatoms. The van der Waals surface area contributed by atoms with Gasteiger partial charge in [-0.25, -0.2) is 9.79 Å². The fourth-order valence-corrected chi connectivity index (χ4v) is 6.18. The molecular weight excluding hydrogens is 604 g/mol. The highest BCUT2D eigenvalue weighted by Gasteiger charge is 2.33. The van der Waals surface area contributed by atoms with Crippen LogP contribution in [-0.4, -0.2) is 24.3 Å². The third-order valence-electron chi connectivity index (χ3n) is 6.65. The largest absolute Gasteiger partial charge is 0.490 e. The standard InChI is InChI=1S/C32H29BrN2O5S/c1-4-24-28(31(37)38-3)29(21-14-10-7-11-15-21)35-30(36)27(41-32(35)34-24)17-22-16-25(39-5-2)26(18-23(22)33)40-19-20-12-8-6-9-13-20/h6-18,29H,4-5,19H2,1-3H3/b27-17-/t29-/m0/s1. The van der Waals surface area contributed by atoms with Crippen molar-refractivity contribution in [2.45, 2.75) is 32.9 Å². The summed E-state index contributed by atoms with van der Waals surface area (Å²) in [5.41, 5.74) is 3.35. The first-order chi connectivity index (χ1) is 19.9. The smallest absolute Gasteiger partial charge is 0.338 e. The van der Waals surface area contributed by atoms with E-state index in [9.17, 15) is 9.59 Å². The third-order valence-corrected chi connectivity index (χ3v) is 8.32. The molecule has 0 unspecified atom stereocenters. The average molecular weight is 634 g/mol. The number of nitrogens with zero attached hydrogens (tertiary/aromatic N) is 2. The molecule has 210 valence electrons. The summed E-state index contributed by atoms with van der Waals surface area (Å²) in [6.45, 7) is 4.70. The van der Waals surface area contributed by atoms with Gasteiger partial charge in [0.2, 0.25) is 0 Å². The van der Waals surface area contributed by atoms with Crippen LogP contribution < -0.4 is 24.4 Å². The van der Waals surface area contributed by atoms with Gasteiger partial charge in [0.1, 0.15) is 6.61 Å². The summed E-state index contributed by atoms with van der Waals surface area (Å²) in [6.07, 6.45) is 2.33. The fourth-order valence-electron chi connectivity index (χ4n) is 4.73. The van der Waals surface area contributed by atoms with Gasteiger partial charge in [-0.05, 0) is 48.2 Å². The van der Waals surface area contributed by atoms with Gasteiger partial charge >= 0.3 is 5.97 Å². The van der Waals surface area contributed by atoms with Crippen molar-refractivity contribution < 1.29 is 19.0 Å². The summed E-state index contributed by atoms with van der Waals surface area (Å²) in [6, 6.07) is 22.5. The number of rotatable bonds is 9. The lowest BCUT2D eigenvalue weighted by molar-refractivity contribution is -0.136. The number of benzene rings is 3. The Kier molecular flexibility index (Phi) is 8.85. The summed E-state index contributed by atoms with van der Waals surface area (Å²) in [5, 5.41) is 0. The quantitative estimate of drug-likeness (QED) is 0.226. The number of thiazole rings is 1. The van der Waals surface area contributed by atoms with Crippen molar-refractivity contribution in [3.63, 3.8) is 0 Å². The molecule has 7 nitrogen and oxygen atoms in total. The van der Waals surface area contributed by atoms with Crippen LogP contribution in [0.3, 0.4) is 0 Å². The number of methoxy groups -OCH3 is 1. The number of halogens is 1. The predicted molar refractivity (Wildman–Crippen MR) is 163 cm³/mol. The van der Waals surface area contributed by atoms with Crippen molar-refractivity contribution in [1.29, 1.82) is 0 Å². The van der Waals surface area contributed by atoms with Crippen LogP contribution >= 0.6 is 27.3 Å². The highest BCUT2D eigenvalue weighted by Crippen LogP contribution is 2.35. The van der Waals surface area contributed by atoms with Crippen molar-refractivity contribution in [3.8, 4) is 11.5 Å². The molecule has 1 aliphatic rings. The summed E-state index contributed by atoms with van der Waals surface area (Å²) >= 11 is 4.94. The highest BCUT2D eigenvalue weighted by atomic mass is 79.9. The highest BCUT2D eigenvalue weighted by molar-refractivity contribution is 9.10. The van der Waals surface area contributed by atoms with E-state index in [-0.39, 0.29) is 5.56 Å². The summed E-state index contributed by atoms with van der Waals surface area (Å²) < 4.78 is 19.9. The van der Waals surface area contributed by atoms with Crippen LogP contribution in [0.2, 0.25) is 0 Å². The van der Waals surface area contributed by atoms with E-state index in [1.54, 1.807) is 4.57 Å². The lowest BCUT2D eigenvalue weighted by atomic mass is 9.95. The van der Waals surface area contributed by atoms with Gasteiger partial charge in [-0.3, -0.25) is 9.36 Å². The molecular formula is C32H29BrN2O5S. The molecule has 1 aliphatic heterocycles. The zero-order chi connectivity index (χ0) is 28.9. The Bertz CT molecular complexity index is 1780. The van der Waals surface area contributed by atoms with Gasteiger partial charge in [-0.15, -0.1) is 0 Å². The number of ether oxygens (including phenoxy) is 3. The second-order valence-corrected chi connectivity index (χ2v) is 11.1. The Morgan fingerprint density at radius 3 is 2.37 bits per heavy atom. The maximum atomic E-state index is 13.9. The predicted octanol–water partition coefficient (Wildman–Crippen LogP) is 5.54. The second-order valence-electron chi connectivity index (χ2n) is 9.23. The van der Waals surface area contributed by atoms with Crippen molar-refractivity contribution >= 4 is 39.3 Å². The van der Waals surface area contributed by atoms with E-state index in [1.807, 2.05) is 92.7 Å². The maximum absolute atomic E-state index is 13.9. The van der Waals surface area contributed by atoms with Crippen LogP contribution in [0.25, 0.3) is 6.08 Å². The maximum Gasteiger partial charge on any atom is 0.338 e. The Morgan fingerprint density at radius 2 is 1.71 bits per heavy atom. The first-order valence-corrected chi connectivity index (χ1v) is 14.9. The van der Waals surface area contributed by atoms with Crippen molar-refractivity contribution in [3.05, 3.63) is 125 Å². The van der Waals surface area contributed by atoms with Crippen molar-refractivity contribution in [1.82, 2.24) is 4.57 Å². The first kappa shape index (κ1) is 28.6. The fraction of sp³-hybridized carbons (Fsp3) is 0.219. The molecule has 3 aromatic carbocycles. The van der Waals surface area contributed by atoms with E-state index in [1.165, 1.54) is 18.4 Å².